The molecular weight excluding hydrogens is 266 g/mol. The summed E-state index contributed by atoms with van der Waals surface area (Å²) < 4.78 is 24.8. The van der Waals surface area contributed by atoms with Gasteiger partial charge in [0.1, 0.15) is 23.1 Å². The van der Waals surface area contributed by atoms with E-state index >= 15 is 0 Å². The first-order valence-electron chi connectivity index (χ1n) is 5.74. The normalized spacial score (nSPS) is 9.60. The SMILES string of the molecule is Cc1cc(C=O)c(F)cc1O.Cc1ccc(F)cc1O. The standard InChI is InChI=1S/C8H7FO2.C7H7FO/c1-5-2-6(4-10)7(9)3-8(5)11;1-5-2-3-6(8)4-7(5)9/h2-4,11H,1H3;2-4,9H,1H3. The van der Waals surface area contributed by atoms with Gasteiger partial charge in [0.15, 0.2) is 6.29 Å². The molecule has 3 nitrogen and oxygen atoms in total. The lowest BCUT2D eigenvalue weighted by molar-refractivity contribution is 0.111. The van der Waals surface area contributed by atoms with E-state index in [4.69, 9.17) is 10.2 Å². The van der Waals surface area contributed by atoms with Crippen molar-refractivity contribution >= 4 is 6.29 Å². The summed E-state index contributed by atoms with van der Waals surface area (Å²) in [6, 6.07) is 6.17. The van der Waals surface area contributed by atoms with Crippen molar-refractivity contribution in [3.05, 3.63) is 58.7 Å². The Bertz CT molecular complexity index is 625. The smallest absolute Gasteiger partial charge is 0.153 e. The lowest BCUT2D eigenvalue weighted by atomic mass is 10.1. The molecule has 0 spiro atoms. The van der Waals surface area contributed by atoms with E-state index in [1.807, 2.05) is 0 Å². The van der Waals surface area contributed by atoms with E-state index in [2.05, 4.69) is 0 Å². The van der Waals surface area contributed by atoms with Crippen LogP contribution in [0, 0.1) is 25.5 Å². The molecule has 0 radical (unpaired) electrons. The molecule has 0 fully saturated rings. The van der Waals surface area contributed by atoms with Crippen molar-refractivity contribution in [2.45, 2.75) is 13.8 Å². The van der Waals surface area contributed by atoms with Gasteiger partial charge in [-0.3, -0.25) is 4.79 Å². The molecule has 2 aromatic carbocycles. The maximum atomic E-state index is 12.6. The lowest BCUT2D eigenvalue weighted by Crippen LogP contribution is -1.88. The molecule has 5 heteroatoms. The molecule has 0 saturated carbocycles. The number of aromatic hydroxyl groups is 2. The number of carbonyl (C=O) groups is 1. The van der Waals surface area contributed by atoms with Crippen LogP contribution in [0.4, 0.5) is 8.78 Å². The van der Waals surface area contributed by atoms with Gasteiger partial charge in [0, 0.05) is 12.1 Å². The van der Waals surface area contributed by atoms with E-state index in [0.717, 1.165) is 12.1 Å². The minimum Gasteiger partial charge on any atom is -0.508 e. The average Bonchev–Trinajstić information content (AvgIpc) is 2.39. The second-order valence-corrected chi connectivity index (χ2v) is 4.21. The van der Waals surface area contributed by atoms with Crippen molar-refractivity contribution in [3.63, 3.8) is 0 Å². The van der Waals surface area contributed by atoms with Crippen molar-refractivity contribution in [2.24, 2.45) is 0 Å². The van der Waals surface area contributed by atoms with Crippen molar-refractivity contribution in [3.8, 4) is 11.5 Å². The fourth-order valence-electron chi connectivity index (χ4n) is 1.37. The summed E-state index contributed by atoms with van der Waals surface area (Å²) in [5.41, 5.74) is 1.16. The van der Waals surface area contributed by atoms with Crippen LogP contribution in [0.15, 0.2) is 30.3 Å². The Labute approximate surface area is 115 Å². The fraction of sp³-hybridized carbons (Fsp3) is 0.133. The Kier molecular flexibility index (Phi) is 5.20. The topological polar surface area (TPSA) is 57.5 Å². The van der Waals surface area contributed by atoms with Crippen LogP contribution in [-0.4, -0.2) is 16.5 Å². The van der Waals surface area contributed by atoms with Crippen LogP contribution in [0.2, 0.25) is 0 Å². The van der Waals surface area contributed by atoms with E-state index < -0.39 is 11.6 Å². The van der Waals surface area contributed by atoms with Crippen molar-refractivity contribution in [1.29, 1.82) is 0 Å². The van der Waals surface area contributed by atoms with Gasteiger partial charge in [-0.2, -0.15) is 0 Å². The molecule has 0 saturated heterocycles. The molecule has 0 amide bonds. The Hall–Kier alpha value is -2.43. The molecule has 2 rings (SSSR count). The second kappa shape index (κ2) is 6.65. The number of aldehydes is 1. The molecule has 0 aliphatic rings. The van der Waals surface area contributed by atoms with Gasteiger partial charge in [-0.05, 0) is 37.1 Å². The predicted octanol–water partition coefficient (Wildman–Crippen LogP) is 3.49. The van der Waals surface area contributed by atoms with E-state index in [9.17, 15) is 13.6 Å². The predicted molar refractivity (Wildman–Crippen MR) is 71.0 cm³/mol. The summed E-state index contributed by atoms with van der Waals surface area (Å²) in [5, 5.41) is 17.8. The second-order valence-electron chi connectivity index (χ2n) is 4.21. The van der Waals surface area contributed by atoms with E-state index in [0.29, 0.717) is 17.4 Å². The number of phenolic OH excluding ortho intramolecular Hbond substituents is 2. The number of hydrogen-bond acceptors (Lipinski definition) is 3. The van der Waals surface area contributed by atoms with Crippen LogP contribution in [0.25, 0.3) is 0 Å². The van der Waals surface area contributed by atoms with Crippen LogP contribution in [0.3, 0.4) is 0 Å². The Morgan fingerprint density at radius 2 is 1.55 bits per heavy atom. The van der Waals surface area contributed by atoms with Gasteiger partial charge in [0.05, 0.1) is 5.56 Å². The molecule has 2 aromatic rings. The third-order valence-electron chi connectivity index (χ3n) is 2.61. The first-order chi connectivity index (χ1) is 9.35. The monoisotopic (exact) mass is 280 g/mol. The summed E-state index contributed by atoms with van der Waals surface area (Å²) in [7, 11) is 0. The third kappa shape index (κ3) is 4.05. The van der Waals surface area contributed by atoms with Gasteiger partial charge < -0.3 is 10.2 Å². The highest BCUT2D eigenvalue weighted by atomic mass is 19.1. The zero-order valence-corrected chi connectivity index (χ0v) is 11.0. The first kappa shape index (κ1) is 15.6. The van der Waals surface area contributed by atoms with E-state index in [1.54, 1.807) is 13.8 Å². The quantitative estimate of drug-likeness (QED) is 0.786. The molecule has 0 heterocycles. The molecule has 0 aliphatic carbocycles. The van der Waals surface area contributed by atoms with Crippen LogP contribution < -0.4 is 0 Å². The minimum atomic E-state index is -0.692. The van der Waals surface area contributed by atoms with Crippen LogP contribution in [-0.2, 0) is 0 Å². The average molecular weight is 280 g/mol. The maximum Gasteiger partial charge on any atom is 0.153 e. The Morgan fingerprint density at radius 1 is 0.950 bits per heavy atom. The fourth-order valence-corrected chi connectivity index (χ4v) is 1.37. The number of halogens is 2. The highest BCUT2D eigenvalue weighted by molar-refractivity contribution is 5.76. The van der Waals surface area contributed by atoms with Gasteiger partial charge in [0.2, 0.25) is 0 Å². The highest BCUT2D eigenvalue weighted by Crippen LogP contribution is 2.19. The largest absolute Gasteiger partial charge is 0.508 e. The molecular formula is C15H14F2O3. The Balaban J connectivity index is 0.000000204. The number of benzene rings is 2. The highest BCUT2D eigenvalue weighted by Gasteiger charge is 2.04. The number of phenols is 2. The molecule has 0 bridgehead atoms. The molecule has 2 N–H and O–H groups in total. The molecule has 20 heavy (non-hydrogen) atoms. The molecule has 0 aliphatic heterocycles. The summed E-state index contributed by atoms with van der Waals surface area (Å²) in [6.07, 6.45) is 0.418. The minimum absolute atomic E-state index is 0.00926. The van der Waals surface area contributed by atoms with Crippen LogP contribution in [0.5, 0.6) is 11.5 Å². The van der Waals surface area contributed by atoms with Gasteiger partial charge in [0.25, 0.3) is 0 Å². The summed E-state index contributed by atoms with van der Waals surface area (Å²) in [5.74, 6) is -1.22. The number of hydrogen-bond donors (Lipinski definition) is 2. The molecule has 0 aromatic heterocycles. The maximum absolute atomic E-state index is 12.6. The third-order valence-corrected chi connectivity index (χ3v) is 2.61. The first-order valence-corrected chi connectivity index (χ1v) is 5.74. The number of carbonyl (C=O) groups excluding carboxylic acids is 1. The molecule has 0 unspecified atom stereocenters. The van der Waals surface area contributed by atoms with Gasteiger partial charge in [-0.1, -0.05) is 6.07 Å². The summed E-state index contributed by atoms with van der Waals surface area (Å²) in [4.78, 5) is 10.2. The van der Waals surface area contributed by atoms with E-state index in [1.165, 1.54) is 18.2 Å². The lowest BCUT2D eigenvalue weighted by Gasteiger charge is -1.99. The molecule has 106 valence electrons. The zero-order chi connectivity index (χ0) is 15.3. The van der Waals surface area contributed by atoms with Crippen molar-refractivity contribution < 1.29 is 23.8 Å². The Morgan fingerprint density at radius 3 is 2.05 bits per heavy atom. The van der Waals surface area contributed by atoms with Crippen molar-refractivity contribution in [1.82, 2.24) is 0 Å². The number of rotatable bonds is 1. The molecule has 0 atom stereocenters. The number of aryl methyl sites for hydroxylation is 2. The van der Waals surface area contributed by atoms with Crippen molar-refractivity contribution in [2.75, 3.05) is 0 Å². The zero-order valence-electron chi connectivity index (χ0n) is 11.0. The van der Waals surface area contributed by atoms with Crippen LogP contribution >= 0.6 is 0 Å². The van der Waals surface area contributed by atoms with Gasteiger partial charge in [-0.15, -0.1) is 0 Å². The summed E-state index contributed by atoms with van der Waals surface area (Å²) in [6.45, 7) is 3.32. The van der Waals surface area contributed by atoms with Crippen LogP contribution in [0.1, 0.15) is 21.5 Å². The van der Waals surface area contributed by atoms with Gasteiger partial charge in [-0.25, -0.2) is 8.78 Å². The van der Waals surface area contributed by atoms with E-state index in [-0.39, 0.29) is 17.1 Å². The van der Waals surface area contributed by atoms with Gasteiger partial charge >= 0.3 is 0 Å². The summed E-state index contributed by atoms with van der Waals surface area (Å²) >= 11 is 0.